The number of carbonyl (C=O) groups excluding carboxylic acids is 1. The van der Waals surface area contributed by atoms with Gasteiger partial charge < -0.3 is 15.0 Å². The summed E-state index contributed by atoms with van der Waals surface area (Å²) in [7, 11) is 1.66. The highest BCUT2D eigenvalue weighted by atomic mass is 16.5. The fraction of sp³-hybridized carbons (Fsp3) is 0.316. The topological polar surface area (TPSA) is 41.6 Å². The third-order valence-corrected chi connectivity index (χ3v) is 4.32. The Bertz CT molecular complexity index is 665. The van der Waals surface area contributed by atoms with E-state index < -0.39 is 0 Å². The second-order valence-corrected chi connectivity index (χ2v) is 5.92. The van der Waals surface area contributed by atoms with Gasteiger partial charge in [-0.25, -0.2) is 4.79 Å². The van der Waals surface area contributed by atoms with Crippen LogP contribution < -0.4 is 10.1 Å². The molecule has 120 valence electrons. The molecule has 0 unspecified atom stereocenters. The highest BCUT2D eigenvalue weighted by molar-refractivity contribution is 5.89. The molecule has 3 rings (SSSR count). The Balaban J connectivity index is 1.72. The van der Waals surface area contributed by atoms with Gasteiger partial charge in [-0.05, 0) is 49.6 Å². The standard InChI is InChI=1S/C19H22N2O2/c1-14-5-9-16(10-6-14)20-19(22)21-13-3-4-18(21)15-7-11-17(23-2)12-8-15/h5-12,18H,3-4,13H2,1-2H3,(H,20,22)/t18-/m0/s1. The number of anilines is 1. The average molecular weight is 310 g/mol. The molecule has 0 aromatic heterocycles. The Morgan fingerprint density at radius 1 is 1.13 bits per heavy atom. The van der Waals surface area contributed by atoms with Crippen LogP contribution in [0.1, 0.15) is 30.0 Å². The number of hydrogen-bond acceptors (Lipinski definition) is 2. The number of urea groups is 1. The Hall–Kier alpha value is -2.49. The first-order chi connectivity index (χ1) is 11.2. The summed E-state index contributed by atoms with van der Waals surface area (Å²) >= 11 is 0. The van der Waals surface area contributed by atoms with Gasteiger partial charge in [0.1, 0.15) is 5.75 Å². The molecule has 2 aromatic carbocycles. The van der Waals surface area contributed by atoms with E-state index in [0.29, 0.717) is 0 Å². The zero-order valence-electron chi connectivity index (χ0n) is 13.6. The van der Waals surface area contributed by atoms with Gasteiger partial charge in [0.15, 0.2) is 0 Å². The molecule has 1 aliphatic heterocycles. The normalized spacial score (nSPS) is 17.1. The molecule has 1 N–H and O–H groups in total. The van der Waals surface area contributed by atoms with Crippen molar-refractivity contribution in [3.05, 3.63) is 59.7 Å². The van der Waals surface area contributed by atoms with E-state index in [1.807, 2.05) is 60.4 Å². The van der Waals surface area contributed by atoms with Crippen molar-refractivity contribution in [3.63, 3.8) is 0 Å². The van der Waals surface area contributed by atoms with Crippen LogP contribution in [0.2, 0.25) is 0 Å². The van der Waals surface area contributed by atoms with E-state index in [2.05, 4.69) is 5.32 Å². The number of benzene rings is 2. The number of ether oxygens (including phenoxy) is 1. The predicted molar refractivity (Wildman–Crippen MR) is 91.9 cm³/mol. The van der Waals surface area contributed by atoms with Gasteiger partial charge in [-0.1, -0.05) is 29.8 Å². The smallest absolute Gasteiger partial charge is 0.322 e. The minimum atomic E-state index is -0.0350. The second kappa shape index (κ2) is 6.73. The molecular formula is C19H22N2O2. The maximum absolute atomic E-state index is 12.6. The van der Waals surface area contributed by atoms with Gasteiger partial charge in [-0.2, -0.15) is 0 Å². The van der Waals surface area contributed by atoms with E-state index in [0.717, 1.165) is 36.4 Å². The molecular weight excluding hydrogens is 288 g/mol. The number of carbonyl (C=O) groups is 1. The van der Waals surface area contributed by atoms with Gasteiger partial charge in [-0.15, -0.1) is 0 Å². The Morgan fingerprint density at radius 3 is 2.48 bits per heavy atom. The van der Waals surface area contributed by atoms with Crippen LogP contribution in [0.5, 0.6) is 5.75 Å². The van der Waals surface area contributed by atoms with Crippen LogP contribution in [0.3, 0.4) is 0 Å². The van der Waals surface area contributed by atoms with E-state index in [1.165, 1.54) is 5.56 Å². The van der Waals surface area contributed by atoms with Crippen LogP contribution in [0, 0.1) is 6.92 Å². The van der Waals surface area contributed by atoms with E-state index in [4.69, 9.17) is 4.74 Å². The van der Waals surface area contributed by atoms with Gasteiger partial charge in [0.05, 0.1) is 13.2 Å². The average Bonchev–Trinajstić information content (AvgIpc) is 3.07. The second-order valence-electron chi connectivity index (χ2n) is 5.92. The number of aryl methyl sites for hydroxylation is 1. The lowest BCUT2D eigenvalue weighted by Crippen LogP contribution is -2.34. The fourth-order valence-electron chi connectivity index (χ4n) is 3.01. The highest BCUT2D eigenvalue weighted by Gasteiger charge is 2.29. The number of rotatable bonds is 3. The first kappa shape index (κ1) is 15.4. The van der Waals surface area contributed by atoms with E-state index in [-0.39, 0.29) is 12.1 Å². The number of methoxy groups -OCH3 is 1. The molecule has 1 aliphatic rings. The zero-order chi connectivity index (χ0) is 16.2. The maximum atomic E-state index is 12.6. The molecule has 4 heteroatoms. The van der Waals surface area contributed by atoms with Crippen molar-refractivity contribution >= 4 is 11.7 Å². The van der Waals surface area contributed by atoms with Crippen molar-refractivity contribution in [2.45, 2.75) is 25.8 Å². The van der Waals surface area contributed by atoms with Crippen LogP contribution in [0.15, 0.2) is 48.5 Å². The zero-order valence-corrected chi connectivity index (χ0v) is 13.6. The monoisotopic (exact) mass is 310 g/mol. The SMILES string of the molecule is COc1ccc([C@@H]2CCCN2C(=O)Nc2ccc(C)cc2)cc1. The van der Waals surface area contributed by atoms with Gasteiger partial charge in [-0.3, -0.25) is 0 Å². The number of nitrogens with one attached hydrogen (secondary N) is 1. The number of likely N-dealkylation sites (tertiary alicyclic amines) is 1. The maximum Gasteiger partial charge on any atom is 0.322 e. The molecule has 1 atom stereocenters. The summed E-state index contributed by atoms with van der Waals surface area (Å²) in [6.45, 7) is 2.82. The molecule has 0 saturated carbocycles. The lowest BCUT2D eigenvalue weighted by Gasteiger charge is -2.25. The predicted octanol–water partition coefficient (Wildman–Crippen LogP) is 4.37. The van der Waals surface area contributed by atoms with E-state index in [9.17, 15) is 4.79 Å². The molecule has 1 fully saturated rings. The molecule has 0 radical (unpaired) electrons. The molecule has 0 spiro atoms. The first-order valence-corrected chi connectivity index (χ1v) is 7.95. The van der Waals surface area contributed by atoms with Crippen LogP contribution in [0.4, 0.5) is 10.5 Å². The lowest BCUT2D eigenvalue weighted by atomic mass is 10.0. The largest absolute Gasteiger partial charge is 0.497 e. The summed E-state index contributed by atoms with van der Waals surface area (Å²) in [5.41, 5.74) is 3.17. The molecule has 1 heterocycles. The van der Waals surface area contributed by atoms with Crippen molar-refractivity contribution in [1.29, 1.82) is 0 Å². The highest BCUT2D eigenvalue weighted by Crippen LogP contribution is 2.33. The van der Waals surface area contributed by atoms with Gasteiger partial charge in [0.25, 0.3) is 0 Å². The Kier molecular flexibility index (Phi) is 4.51. The summed E-state index contributed by atoms with van der Waals surface area (Å²) in [6.07, 6.45) is 2.02. The molecule has 4 nitrogen and oxygen atoms in total. The summed E-state index contributed by atoms with van der Waals surface area (Å²) in [5.74, 6) is 0.836. The molecule has 2 aromatic rings. The van der Waals surface area contributed by atoms with E-state index in [1.54, 1.807) is 7.11 Å². The fourth-order valence-corrected chi connectivity index (χ4v) is 3.01. The van der Waals surface area contributed by atoms with Crippen molar-refractivity contribution in [2.24, 2.45) is 0 Å². The van der Waals surface area contributed by atoms with Gasteiger partial charge in [0, 0.05) is 12.2 Å². The van der Waals surface area contributed by atoms with Gasteiger partial charge >= 0.3 is 6.03 Å². The molecule has 0 bridgehead atoms. The van der Waals surface area contributed by atoms with Crippen molar-refractivity contribution in [1.82, 2.24) is 4.90 Å². The third kappa shape index (κ3) is 3.47. The number of hydrogen-bond donors (Lipinski definition) is 1. The first-order valence-electron chi connectivity index (χ1n) is 7.95. The summed E-state index contributed by atoms with van der Waals surface area (Å²) in [5, 5.41) is 3.00. The lowest BCUT2D eigenvalue weighted by molar-refractivity contribution is 0.207. The molecule has 2 amide bonds. The van der Waals surface area contributed by atoms with Gasteiger partial charge in [0.2, 0.25) is 0 Å². The molecule has 23 heavy (non-hydrogen) atoms. The van der Waals surface area contributed by atoms with Crippen LogP contribution >= 0.6 is 0 Å². The summed E-state index contributed by atoms with van der Waals surface area (Å²) in [4.78, 5) is 14.5. The number of amides is 2. The summed E-state index contributed by atoms with van der Waals surface area (Å²) in [6, 6.07) is 16.0. The van der Waals surface area contributed by atoms with Crippen molar-refractivity contribution in [3.8, 4) is 5.75 Å². The van der Waals surface area contributed by atoms with Crippen molar-refractivity contribution in [2.75, 3.05) is 19.0 Å². The minimum absolute atomic E-state index is 0.0350. The Labute approximate surface area is 137 Å². The van der Waals surface area contributed by atoms with E-state index >= 15 is 0 Å². The summed E-state index contributed by atoms with van der Waals surface area (Å²) < 4.78 is 5.20. The molecule has 1 saturated heterocycles. The Morgan fingerprint density at radius 2 is 1.83 bits per heavy atom. The van der Waals surface area contributed by atoms with Crippen LogP contribution in [0.25, 0.3) is 0 Å². The van der Waals surface area contributed by atoms with Crippen LogP contribution in [-0.2, 0) is 0 Å². The van der Waals surface area contributed by atoms with Crippen LogP contribution in [-0.4, -0.2) is 24.6 Å². The number of nitrogens with zero attached hydrogens (tertiary/aromatic N) is 1. The third-order valence-electron chi connectivity index (χ3n) is 4.32. The molecule has 0 aliphatic carbocycles. The van der Waals surface area contributed by atoms with Crippen molar-refractivity contribution < 1.29 is 9.53 Å². The minimum Gasteiger partial charge on any atom is -0.497 e. The quantitative estimate of drug-likeness (QED) is 0.914.